The van der Waals surface area contributed by atoms with Crippen molar-refractivity contribution in [2.24, 2.45) is 5.92 Å². The molecule has 2 unspecified atom stereocenters. The van der Waals surface area contributed by atoms with Crippen LogP contribution in [0, 0.1) is 5.92 Å². The second-order valence-electron chi connectivity index (χ2n) is 10.1. The first-order valence-electron chi connectivity index (χ1n) is 13.3. The molecule has 2 bridgehead atoms. The Hall–Kier alpha value is -4.49. The Balaban J connectivity index is 1.45. The number of benzene rings is 1. The number of nitrogens with zero attached hydrogens (tertiary/aromatic N) is 8. The van der Waals surface area contributed by atoms with E-state index in [2.05, 4.69) is 30.7 Å². The predicted octanol–water partition coefficient (Wildman–Crippen LogP) is 5.80. The van der Waals surface area contributed by atoms with Crippen molar-refractivity contribution >= 4 is 34.8 Å². The van der Waals surface area contributed by atoms with Gasteiger partial charge >= 0.3 is 6.55 Å². The van der Waals surface area contributed by atoms with E-state index in [4.69, 9.17) is 23.2 Å². The van der Waals surface area contributed by atoms with Crippen molar-refractivity contribution in [3.63, 3.8) is 0 Å². The molecule has 0 saturated heterocycles. The molecule has 15 heteroatoms. The van der Waals surface area contributed by atoms with Gasteiger partial charge in [0.1, 0.15) is 0 Å². The number of pyridine rings is 1. The number of fused-ring (bicyclic) bond motifs is 4. The molecule has 43 heavy (non-hydrogen) atoms. The molecule has 4 aromatic heterocycles. The van der Waals surface area contributed by atoms with Gasteiger partial charge in [-0.2, -0.15) is 13.9 Å². The Morgan fingerprint density at radius 2 is 1.91 bits per heavy atom. The zero-order valence-corrected chi connectivity index (χ0v) is 24.0. The monoisotopic (exact) mass is 625 g/mol. The smallest absolute Gasteiger partial charge is 0.323 e. The number of carbonyl (C=O) groups excluding carboxylic acids is 1. The number of hydrogen-bond donors (Lipinski definition) is 1. The van der Waals surface area contributed by atoms with Crippen molar-refractivity contribution in [1.29, 1.82) is 0 Å². The van der Waals surface area contributed by atoms with Crippen LogP contribution in [0.4, 0.5) is 14.5 Å². The van der Waals surface area contributed by atoms with Gasteiger partial charge in [0.25, 0.3) is 5.56 Å². The van der Waals surface area contributed by atoms with Crippen molar-refractivity contribution in [2.75, 3.05) is 5.32 Å². The van der Waals surface area contributed by atoms with Crippen LogP contribution in [0.3, 0.4) is 0 Å². The summed E-state index contributed by atoms with van der Waals surface area (Å²) in [7, 11) is 0. The van der Waals surface area contributed by atoms with Crippen LogP contribution in [0.2, 0.25) is 10.2 Å². The summed E-state index contributed by atoms with van der Waals surface area (Å²) in [6.45, 7) is -1.18. The first-order chi connectivity index (χ1) is 20.7. The Labute approximate surface area is 253 Å². The van der Waals surface area contributed by atoms with Crippen LogP contribution in [0.1, 0.15) is 44.5 Å². The van der Waals surface area contributed by atoms with Gasteiger partial charge in [-0.25, -0.2) is 14.3 Å². The van der Waals surface area contributed by atoms with Gasteiger partial charge in [0.05, 0.1) is 53.2 Å². The van der Waals surface area contributed by atoms with Crippen molar-refractivity contribution in [3.8, 4) is 28.2 Å². The molecule has 2 atom stereocenters. The van der Waals surface area contributed by atoms with Crippen molar-refractivity contribution in [3.05, 3.63) is 87.5 Å². The molecule has 0 saturated carbocycles. The van der Waals surface area contributed by atoms with Gasteiger partial charge in [-0.05, 0) is 43.2 Å². The maximum atomic E-state index is 13.9. The molecule has 5 heterocycles. The molecule has 1 aliphatic heterocycles. The van der Waals surface area contributed by atoms with Gasteiger partial charge < -0.3 is 5.32 Å². The molecular weight excluding hydrogens is 603 g/mol. The minimum atomic E-state index is -2.94. The maximum Gasteiger partial charge on any atom is 0.333 e. The Bertz CT molecular complexity index is 1890. The predicted molar refractivity (Wildman–Crippen MR) is 155 cm³/mol. The van der Waals surface area contributed by atoms with Gasteiger partial charge in [0.2, 0.25) is 5.91 Å². The van der Waals surface area contributed by atoms with E-state index in [-0.39, 0.29) is 28.0 Å². The summed E-state index contributed by atoms with van der Waals surface area (Å²) in [4.78, 5) is 35.6. The molecule has 5 aromatic rings. The van der Waals surface area contributed by atoms with E-state index in [1.807, 2.05) is 0 Å². The zero-order chi connectivity index (χ0) is 30.2. The third-order valence-electron chi connectivity index (χ3n) is 7.31. The van der Waals surface area contributed by atoms with E-state index in [9.17, 15) is 18.4 Å². The van der Waals surface area contributed by atoms with E-state index in [0.29, 0.717) is 57.2 Å². The molecule has 0 radical (unpaired) electrons. The maximum absolute atomic E-state index is 13.9. The van der Waals surface area contributed by atoms with Crippen LogP contribution in [0.5, 0.6) is 0 Å². The van der Waals surface area contributed by atoms with E-state index < -0.39 is 18.5 Å². The molecule has 0 spiro atoms. The normalized spacial score (nSPS) is 17.2. The summed E-state index contributed by atoms with van der Waals surface area (Å²) < 4.78 is 31.3. The lowest BCUT2D eigenvalue weighted by molar-refractivity contribution is -0.119. The molecule has 0 aliphatic carbocycles. The summed E-state index contributed by atoms with van der Waals surface area (Å²) in [6, 6.07) is 9.03. The summed E-state index contributed by atoms with van der Waals surface area (Å²) >= 11 is 12.3. The van der Waals surface area contributed by atoms with Crippen LogP contribution >= 0.6 is 23.2 Å². The number of nitrogens with one attached hydrogen (secondary N) is 1. The van der Waals surface area contributed by atoms with Crippen LogP contribution in [0.25, 0.3) is 28.2 Å². The molecule has 1 aromatic carbocycles. The Morgan fingerprint density at radius 1 is 1.07 bits per heavy atom. The Morgan fingerprint density at radius 3 is 2.65 bits per heavy atom. The summed E-state index contributed by atoms with van der Waals surface area (Å²) in [5, 5.41) is 15.0. The van der Waals surface area contributed by atoms with Gasteiger partial charge in [0.15, 0.2) is 5.15 Å². The van der Waals surface area contributed by atoms with Gasteiger partial charge in [-0.15, -0.1) is 5.10 Å². The molecule has 1 aliphatic rings. The second kappa shape index (κ2) is 11.7. The van der Waals surface area contributed by atoms with Gasteiger partial charge in [0, 0.05) is 34.3 Å². The molecule has 11 nitrogen and oxygen atoms in total. The van der Waals surface area contributed by atoms with Crippen LogP contribution in [-0.2, 0) is 4.79 Å². The minimum Gasteiger partial charge on any atom is -0.323 e. The summed E-state index contributed by atoms with van der Waals surface area (Å²) in [5.74, 6) is -0.728. The largest absolute Gasteiger partial charge is 0.333 e. The highest BCUT2D eigenvalue weighted by molar-refractivity contribution is 6.31. The average Bonchev–Trinajstić information content (AvgIpc) is 3.61. The van der Waals surface area contributed by atoms with Crippen molar-refractivity contribution < 1.29 is 13.6 Å². The highest BCUT2D eigenvalue weighted by atomic mass is 35.5. The fourth-order valence-electron chi connectivity index (χ4n) is 5.17. The fraction of sp³-hybridized carbons (Fsp3) is 0.250. The van der Waals surface area contributed by atoms with E-state index in [1.54, 1.807) is 37.3 Å². The van der Waals surface area contributed by atoms with E-state index >= 15 is 0 Å². The highest BCUT2D eigenvalue weighted by Gasteiger charge is 2.26. The number of amides is 1. The number of rotatable bonds is 4. The lowest BCUT2D eigenvalue weighted by Gasteiger charge is -2.22. The van der Waals surface area contributed by atoms with Crippen LogP contribution in [0.15, 0.2) is 66.1 Å². The van der Waals surface area contributed by atoms with Gasteiger partial charge in [-0.1, -0.05) is 41.8 Å². The third kappa shape index (κ3) is 5.65. The molecule has 1 amide bonds. The van der Waals surface area contributed by atoms with Crippen LogP contribution in [-0.4, -0.2) is 45.2 Å². The second-order valence-corrected chi connectivity index (χ2v) is 10.9. The molecule has 0 fully saturated rings. The molecule has 1 N–H and O–H groups in total. The number of alkyl halides is 2. The number of anilines is 1. The lowest BCUT2D eigenvalue weighted by atomic mass is 9.97. The van der Waals surface area contributed by atoms with E-state index in [1.165, 1.54) is 40.2 Å². The molecular formula is C28H23Cl2F2N9O2. The lowest BCUT2D eigenvalue weighted by Crippen LogP contribution is -2.27. The SMILES string of the molecule is CC1CCCC(n2cnc(-c3cc(Cl)ccc3-n3cc(Cl)nn3)cc2=O)c2cc(ccn2)-c2c(cnn2C(F)F)NC1=O. The first-order valence-corrected chi connectivity index (χ1v) is 14.0. The fourth-order valence-corrected chi connectivity index (χ4v) is 5.47. The number of hydrogen-bond acceptors (Lipinski definition) is 7. The van der Waals surface area contributed by atoms with Crippen molar-refractivity contribution in [2.45, 2.75) is 38.8 Å². The molecule has 6 rings (SSSR count). The highest BCUT2D eigenvalue weighted by Crippen LogP contribution is 2.35. The quantitative estimate of drug-likeness (QED) is 0.267. The summed E-state index contributed by atoms with van der Waals surface area (Å²) in [5.41, 5.74) is 2.11. The standard InChI is InChI=1S/C28H23Cl2F2N9O2/c1-15-3-2-4-23(20-9-16(7-8-33-20)26-21(36-27(15)43)12-35-41(26)28(31)32)39-14-34-19(11-25(39)42)18-10-17(29)5-6-22(18)40-13-24(30)37-38-40/h5-15,23,28H,2-4H2,1H3,(H,36,43). The minimum absolute atomic E-state index is 0.0426. The first kappa shape index (κ1) is 28.6. The van der Waals surface area contributed by atoms with Crippen LogP contribution < -0.4 is 10.9 Å². The zero-order valence-electron chi connectivity index (χ0n) is 22.5. The topological polar surface area (TPSA) is 125 Å². The third-order valence-corrected chi connectivity index (χ3v) is 7.72. The number of carbonyl (C=O) groups is 1. The molecule has 220 valence electrons. The number of aromatic nitrogens is 8. The average molecular weight is 626 g/mol. The number of halogens is 4. The van der Waals surface area contributed by atoms with Gasteiger partial charge in [-0.3, -0.25) is 19.1 Å². The van der Waals surface area contributed by atoms with Crippen molar-refractivity contribution in [1.82, 2.24) is 39.3 Å². The Kier molecular flexibility index (Phi) is 7.75. The van der Waals surface area contributed by atoms with E-state index in [0.717, 1.165) is 0 Å². The summed E-state index contributed by atoms with van der Waals surface area (Å²) in [6.07, 6.45) is 7.14.